The molecule has 0 aliphatic carbocycles. The molecule has 0 atom stereocenters. The van der Waals surface area contributed by atoms with Crippen molar-refractivity contribution < 1.29 is 13.2 Å². The highest BCUT2D eigenvalue weighted by atomic mass is 32.2. The molecule has 0 bridgehead atoms. The molecule has 1 fully saturated rings. The second-order valence-electron chi connectivity index (χ2n) is 8.80. The van der Waals surface area contributed by atoms with Crippen LogP contribution >= 0.6 is 0 Å². The van der Waals surface area contributed by atoms with Gasteiger partial charge in [-0.1, -0.05) is 44.2 Å². The third kappa shape index (κ3) is 4.74. The highest BCUT2D eigenvalue weighted by Crippen LogP contribution is 2.25. The van der Waals surface area contributed by atoms with Crippen molar-refractivity contribution in [2.45, 2.75) is 43.9 Å². The van der Waals surface area contributed by atoms with Crippen molar-refractivity contribution in [3.8, 4) is 0 Å². The largest absolute Gasteiger partial charge is 0.361 e. The smallest absolute Gasteiger partial charge is 0.243 e. The number of aromatic nitrogens is 1. The van der Waals surface area contributed by atoms with Crippen molar-refractivity contribution in [2.24, 2.45) is 5.92 Å². The maximum absolute atomic E-state index is 13.0. The van der Waals surface area contributed by atoms with Crippen molar-refractivity contribution in [3.63, 3.8) is 0 Å². The molecule has 1 aliphatic heterocycles. The third-order valence-corrected chi connectivity index (χ3v) is 8.29. The van der Waals surface area contributed by atoms with Crippen LogP contribution in [0.25, 0.3) is 10.9 Å². The lowest BCUT2D eigenvalue weighted by atomic mass is 9.97. The molecule has 2 aromatic carbocycles. The first-order chi connectivity index (χ1) is 15.4. The Balaban J connectivity index is 1.28. The number of fused-ring (bicyclic) bond motifs is 1. The summed E-state index contributed by atoms with van der Waals surface area (Å²) in [4.78, 5) is 16.2. The molecular formula is C25H31N3O3S. The monoisotopic (exact) mass is 453 g/mol. The number of rotatable bonds is 7. The van der Waals surface area contributed by atoms with Crippen LogP contribution in [0.1, 0.15) is 43.7 Å². The van der Waals surface area contributed by atoms with E-state index in [1.54, 1.807) is 12.1 Å². The predicted molar refractivity (Wildman–Crippen MR) is 127 cm³/mol. The van der Waals surface area contributed by atoms with E-state index in [2.05, 4.69) is 30.2 Å². The summed E-state index contributed by atoms with van der Waals surface area (Å²) in [6, 6.07) is 15.3. The van der Waals surface area contributed by atoms with Gasteiger partial charge in [-0.05, 0) is 54.5 Å². The minimum Gasteiger partial charge on any atom is -0.361 e. The first kappa shape index (κ1) is 22.6. The maximum Gasteiger partial charge on any atom is 0.243 e. The standard InChI is InChI=1S/C25H31N3O3S/c1-18(2)19-7-9-22(10-8-19)32(30,31)28-15-12-20(13-16-28)25(29)26-14-11-21-17-27-24-6-4-3-5-23(21)24/h3-10,17-18,20,27H,11-16H2,1-2H3,(H,26,29). The predicted octanol–water partition coefficient (Wildman–Crippen LogP) is 4.05. The molecule has 0 unspecified atom stereocenters. The number of hydrogen-bond acceptors (Lipinski definition) is 3. The molecule has 0 saturated carbocycles. The minimum atomic E-state index is -3.52. The summed E-state index contributed by atoms with van der Waals surface area (Å²) in [5, 5.41) is 4.22. The van der Waals surface area contributed by atoms with Crippen molar-refractivity contribution in [2.75, 3.05) is 19.6 Å². The second-order valence-corrected chi connectivity index (χ2v) is 10.7. The Morgan fingerprint density at radius 3 is 2.47 bits per heavy atom. The van der Waals surface area contributed by atoms with Gasteiger partial charge in [0.15, 0.2) is 0 Å². The van der Waals surface area contributed by atoms with Crippen molar-refractivity contribution >= 4 is 26.8 Å². The van der Waals surface area contributed by atoms with Gasteiger partial charge < -0.3 is 10.3 Å². The molecule has 0 radical (unpaired) electrons. The number of sulfonamides is 1. The zero-order chi connectivity index (χ0) is 22.7. The van der Waals surface area contributed by atoms with Gasteiger partial charge >= 0.3 is 0 Å². The molecule has 1 aromatic heterocycles. The summed E-state index contributed by atoms with van der Waals surface area (Å²) >= 11 is 0. The van der Waals surface area contributed by atoms with E-state index in [0.717, 1.165) is 17.5 Å². The highest BCUT2D eigenvalue weighted by Gasteiger charge is 2.32. The van der Waals surface area contributed by atoms with Crippen molar-refractivity contribution in [3.05, 3.63) is 65.9 Å². The number of piperidine rings is 1. The van der Waals surface area contributed by atoms with Crippen LogP contribution in [0.3, 0.4) is 0 Å². The fourth-order valence-corrected chi connectivity index (χ4v) is 5.80. The second kappa shape index (κ2) is 9.46. The van der Waals surface area contributed by atoms with Crippen LogP contribution in [0.15, 0.2) is 59.6 Å². The van der Waals surface area contributed by atoms with Crippen molar-refractivity contribution in [1.82, 2.24) is 14.6 Å². The summed E-state index contributed by atoms with van der Waals surface area (Å²) in [7, 11) is -3.52. The highest BCUT2D eigenvalue weighted by molar-refractivity contribution is 7.89. The Morgan fingerprint density at radius 2 is 1.78 bits per heavy atom. The number of hydrogen-bond donors (Lipinski definition) is 2. The van der Waals surface area contributed by atoms with Gasteiger partial charge in [-0.3, -0.25) is 4.79 Å². The Morgan fingerprint density at radius 1 is 1.09 bits per heavy atom. The van der Waals surface area contributed by atoms with Gasteiger partial charge in [0.2, 0.25) is 15.9 Å². The fourth-order valence-electron chi connectivity index (χ4n) is 4.34. The minimum absolute atomic E-state index is 0.0168. The zero-order valence-corrected chi connectivity index (χ0v) is 19.5. The van der Waals surface area contributed by atoms with E-state index >= 15 is 0 Å². The van der Waals surface area contributed by atoms with Crippen LogP contribution in [0.2, 0.25) is 0 Å². The number of aromatic amines is 1. The molecule has 170 valence electrons. The topological polar surface area (TPSA) is 82.3 Å². The summed E-state index contributed by atoms with van der Waals surface area (Å²) in [6.45, 7) is 5.48. The normalized spacial score (nSPS) is 16.0. The Kier molecular flexibility index (Phi) is 6.67. The van der Waals surface area contributed by atoms with E-state index in [-0.39, 0.29) is 11.8 Å². The first-order valence-electron chi connectivity index (χ1n) is 11.3. The molecule has 3 aromatic rings. The average molecular weight is 454 g/mol. The molecular weight excluding hydrogens is 422 g/mol. The third-order valence-electron chi connectivity index (χ3n) is 6.38. The van der Waals surface area contributed by atoms with Gasteiger partial charge in [0.05, 0.1) is 4.90 Å². The number of carbonyl (C=O) groups excluding carboxylic acids is 1. The number of benzene rings is 2. The van der Waals surface area contributed by atoms with Gasteiger partial charge in [0.1, 0.15) is 0 Å². The average Bonchev–Trinajstić information content (AvgIpc) is 3.22. The number of para-hydroxylation sites is 1. The molecule has 0 spiro atoms. The molecule has 6 nitrogen and oxygen atoms in total. The lowest BCUT2D eigenvalue weighted by Crippen LogP contribution is -2.43. The number of nitrogens with zero attached hydrogens (tertiary/aromatic N) is 1. The molecule has 2 N–H and O–H groups in total. The molecule has 1 saturated heterocycles. The maximum atomic E-state index is 13.0. The van der Waals surface area contributed by atoms with E-state index in [0.29, 0.717) is 43.3 Å². The molecule has 1 amide bonds. The van der Waals surface area contributed by atoms with Crippen molar-refractivity contribution in [1.29, 1.82) is 0 Å². The molecule has 32 heavy (non-hydrogen) atoms. The summed E-state index contributed by atoms with van der Waals surface area (Å²) in [6.07, 6.45) is 3.84. The molecule has 2 heterocycles. The van der Waals surface area contributed by atoms with E-state index < -0.39 is 10.0 Å². The number of nitrogens with one attached hydrogen (secondary N) is 2. The van der Waals surface area contributed by atoms with E-state index in [1.165, 1.54) is 15.3 Å². The van der Waals surface area contributed by atoms with Crippen LogP contribution in [0, 0.1) is 5.92 Å². The number of H-pyrrole nitrogens is 1. The fraction of sp³-hybridized carbons (Fsp3) is 0.400. The summed E-state index contributed by atoms with van der Waals surface area (Å²) in [5.74, 6) is 0.230. The van der Waals surface area contributed by atoms with Crippen LogP contribution < -0.4 is 5.32 Å². The lowest BCUT2D eigenvalue weighted by Gasteiger charge is -2.30. The van der Waals surface area contributed by atoms with Gasteiger partial charge in [0, 0.05) is 42.7 Å². The van der Waals surface area contributed by atoms with E-state index in [4.69, 9.17) is 0 Å². The van der Waals surface area contributed by atoms with Gasteiger partial charge in [0.25, 0.3) is 0 Å². The quantitative estimate of drug-likeness (QED) is 0.566. The summed E-state index contributed by atoms with van der Waals surface area (Å²) in [5.41, 5.74) is 3.40. The SMILES string of the molecule is CC(C)c1ccc(S(=O)(=O)N2CCC(C(=O)NCCc3c[nH]c4ccccc34)CC2)cc1. The Bertz CT molecular complexity index is 1170. The van der Waals surface area contributed by atoms with Crippen LogP contribution in [-0.2, 0) is 21.2 Å². The summed E-state index contributed by atoms with van der Waals surface area (Å²) < 4.78 is 27.5. The zero-order valence-electron chi connectivity index (χ0n) is 18.7. The first-order valence-corrected chi connectivity index (χ1v) is 12.7. The number of carbonyl (C=O) groups is 1. The van der Waals surface area contributed by atoms with Gasteiger partial charge in [-0.25, -0.2) is 8.42 Å². The molecule has 4 rings (SSSR count). The van der Waals surface area contributed by atoms with Crippen LogP contribution in [0.4, 0.5) is 0 Å². The number of amides is 1. The molecule has 7 heteroatoms. The Labute approximate surface area is 190 Å². The van der Waals surface area contributed by atoms with E-state index in [1.807, 2.05) is 36.5 Å². The van der Waals surface area contributed by atoms with Gasteiger partial charge in [-0.15, -0.1) is 0 Å². The Hall–Kier alpha value is -2.64. The molecule has 1 aliphatic rings. The van der Waals surface area contributed by atoms with Gasteiger partial charge in [-0.2, -0.15) is 4.31 Å². The van der Waals surface area contributed by atoms with Crippen LogP contribution in [-0.4, -0.2) is 43.2 Å². The lowest BCUT2D eigenvalue weighted by molar-refractivity contribution is -0.126. The van der Waals surface area contributed by atoms with Crippen LogP contribution in [0.5, 0.6) is 0 Å². The van der Waals surface area contributed by atoms with E-state index in [9.17, 15) is 13.2 Å².